The van der Waals surface area contributed by atoms with Crippen molar-refractivity contribution in [2.24, 2.45) is 0 Å². The number of pyridine rings is 1. The molecule has 0 radical (unpaired) electrons. The number of nitrogens with zero attached hydrogens (tertiary/aromatic N) is 3. The molecule has 0 N–H and O–H groups in total. The van der Waals surface area contributed by atoms with Crippen LogP contribution >= 0.6 is 15.9 Å². The van der Waals surface area contributed by atoms with Gasteiger partial charge >= 0.3 is 0 Å². The topological polar surface area (TPSA) is 39.9 Å². The van der Waals surface area contributed by atoms with Gasteiger partial charge in [-0.3, -0.25) is 4.98 Å². The molecule has 1 aromatic heterocycles. The largest absolute Gasteiger partial charge is 0.374 e. The van der Waals surface area contributed by atoms with E-state index in [0.29, 0.717) is 5.56 Å². The smallest absolute Gasteiger partial charge is 0.0992 e. The van der Waals surface area contributed by atoms with E-state index in [1.807, 2.05) is 49.6 Å². The maximum atomic E-state index is 8.98. The molecule has 0 atom stereocenters. The number of hydrogen-bond donors (Lipinski definition) is 0. The fourth-order valence-corrected chi connectivity index (χ4v) is 2.30. The van der Waals surface area contributed by atoms with Gasteiger partial charge in [0.1, 0.15) is 0 Å². The van der Waals surface area contributed by atoms with Crippen molar-refractivity contribution >= 4 is 21.6 Å². The van der Waals surface area contributed by atoms with Crippen LogP contribution < -0.4 is 4.90 Å². The van der Waals surface area contributed by atoms with Crippen LogP contribution in [-0.4, -0.2) is 18.6 Å². The van der Waals surface area contributed by atoms with Crippen molar-refractivity contribution in [3.05, 3.63) is 58.3 Å². The normalized spacial score (nSPS) is 9.95. The molecular weight excluding hydrogens is 302 g/mol. The molecule has 3 nitrogen and oxygen atoms in total. The first-order valence-electron chi connectivity index (χ1n) is 6.01. The summed E-state index contributed by atoms with van der Waals surface area (Å²) in [7, 11) is 2.02. The quantitative estimate of drug-likeness (QED) is 0.868. The molecule has 0 aliphatic rings. The van der Waals surface area contributed by atoms with Crippen LogP contribution in [0.15, 0.2) is 47.1 Å². The molecule has 0 fully saturated rings. The first-order valence-corrected chi connectivity index (χ1v) is 6.80. The summed E-state index contributed by atoms with van der Waals surface area (Å²) in [6.07, 6.45) is 2.69. The summed E-state index contributed by atoms with van der Waals surface area (Å²) in [6.45, 7) is 0.859. The van der Waals surface area contributed by atoms with Crippen LogP contribution in [0.25, 0.3) is 0 Å². The molecular formula is C15H14BrN3. The molecule has 4 heteroatoms. The van der Waals surface area contributed by atoms with Gasteiger partial charge in [0.25, 0.3) is 0 Å². The van der Waals surface area contributed by atoms with Crippen LogP contribution in [0.4, 0.5) is 5.69 Å². The first-order chi connectivity index (χ1) is 9.19. The highest BCUT2D eigenvalue weighted by Gasteiger charge is 2.05. The Morgan fingerprint density at radius 1 is 1.32 bits per heavy atom. The molecule has 0 spiro atoms. The summed E-state index contributed by atoms with van der Waals surface area (Å²) >= 11 is 3.43. The Morgan fingerprint density at radius 3 is 2.84 bits per heavy atom. The second-order valence-corrected chi connectivity index (χ2v) is 5.22. The lowest BCUT2D eigenvalue weighted by Gasteiger charge is -2.19. The molecule has 96 valence electrons. The van der Waals surface area contributed by atoms with Gasteiger partial charge in [0, 0.05) is 42.1 Å². The summed E-state index contributed by atoms with van der Waals surface area (Å²) in [5, 5.41) is 8.98. The van der Waals surface area contributed by atoms with E-state index in [-0.39, 0.29) is 0 Å². The van der Waals surface area contributed by atoms with Crippen molar-refractivity contribution in [3.8, 4) is 6.07 Å². The van der Waals surface area contributed by atoms with E-state index < -0.39 is 0 Å². The number of nitriles is 1. The Morgan fingerprint density at radius 2 is 2.16 bits per heavy atom. The lowest BCUT2D eigenvalue weighted by molar-refractivity contribution is 0.852. The van der Waals surface area contributed by atoms with E-state index in [4.69, 9.17) is 5.26 Å². The van der Waals surface area contributed by atoms with Crippen molar-refractivity contribution in [1.29, 1.82) is 5.26 Å². The van der Waals surface area contributed by atoms with E-state index >= 15 is 0 Å². The van der Waals surface area contributed by atoms with Crippen molar-refractivity contribution < 1.29 is 0 Å². The maximum Gasteiger partial charge on any atom is 0.0992 e. The van der Waals surface area contributed by atoms with Crippen molar-refractivity contribution in [2.75, 3.05) is 18.5 Å². The zero-order chi connectivity index (χ0) is 13.7. The number of halogens is 1. The molecule has 2 rings (SSSR count). The highest BCUT2D eigenvalue weighted by molar-refractivity contribution is 9.10. The van der Waals surface area contributed by atoms with Crippen LogP contribution in [-0.2, 0) is 6.42 Å². The fraction of sp³-hybridized carbons (Fsp3) is 0.200. The van der Waals surface area contributed by atoms with Gasteiger partial charge in [-0.2, -0.15) is 5.26 Å². The molecule has 0 saturated carbocycles. The van der Waals surface area contributed by atoms with Gasteiger partial charge in [0.05, 0.1) is 11.6 Å². The van der Waals surface area contributed by atoms with Crippen LogP contribution in [0.1, 0.15) is 11.3 Å². The van der Waals surface area contributed by atoms with Gasteiger partial charge in [-0.15, -0.1) is 0 Å². The number of hydrogen-bond acceptors (Lipinski definition) is 3. The zero-order valence-corrected chi connectivity index (χ0v) is 12.3. The number of rotatable bonds is 4. The third kappa shape index (κ3) is 3.80. The second kappa shape index (κ2) is 6.35. The SMILES string of the molecule is CN(CCc1ccccn1)c1cc(Br)cc(C#N)c1. The fourth-order valence-electron chi connectivity index (χ4n) is 1.82. The highest BCUT2D eigenvalue weighted by Crippen LogP contribution is 2.22. The van der Waals surface area contributed by atoms with E-state index in [1.54, 1.807) is 0 Å². The summed E-state index contributed by atoms with van der Waals surface area (Å²) in [6, 6.07) is 13.8. The molecule has 0 aliphatic heterocycles. The number of likely N-dealkylation sites (N-methyl/N-ethyl adjacent to an activating group) is 1. The Bertz CT molecular complexity index is 590. The zero-order valence-electron chi connectivity index (χ0n) is 10.7. The molecule has 19 heavy (non-hydrogen) atoms. The van der Waals surface area contributed by atoms with Gasteiger partial charge in [-0.05, 0) is 30.3 Å². The van der Waals surface area contributed by atoms with Crippen LogP contribution in [0.2, 0.25) is 0 Å². The number of aromatic nitrogens is 1. The van der Waals surface area contributed by atoms with Crippen molar-refractivity contribution in [1.82, 2.24) is 4.98 Å². The Balaban J connectivity index is 2.06. The van der Waals surface area contributed by atoms with Gasteiger partial charge in [-0.25, -0.2) is 0 Å². The molecule has 1 heterocycles. The van der Waals surface area contributed by atoms with Gasteiger partial charge < -0.3 is 4.90 Å². The maximum absolute atomic E-state index is 8.98. The molecule has 1 aromatic carbocycles. The Hall–Kier alpha value is -1.86. The van der Waals surface area contributed by atoms with E-state index in [0.717, 1.165) is 28.8 Å². The molecule has 0 amide bonds. The van der Waals surface area contributed by atoms with E-state index in [1.165, 1.54) is 0 Å². The summed E-state index contributed by atoms with van der Waals surface area (Å²) in [5.41, 5.74) is 2.76. The lowest BCUT2D eigenvalue weighted by atomic mass is 10.2. The van der Waals surface area contributed by atoms with Crippen molar-refractivity contribution in [3.63, 3.8) is 0 Å². The molecule has 0 aliphatic carbocycles. The van der Waals surface area contributed by atoms with Crippen molar-refractivity contribution in [2.45, 2.75) is 6.42 Å². The molecule has 0 unspecified atom stereocenters. The highest BCUT2D eigenvalue weighted by atomic mass is 79.9. The number of benzene rings is 1. The summed E-state index contributed by atoms with van der Waals surface area (Å²) in [5.74, 6) is 0. The summed E-state index contributed by atoms with van der Waals surface area (Å²) in [4.78, 5) is 6.43. The molecule has 0 saturated heterocycles. The van der Waals surface area contributed by atoms with Gasteiger partial charge in [0.2, 0.25) is 0 Å². The van der Waals surface area contributed by atoms with Crippen LogP contribution in [0.3, 0.4) is 0 Å². The Kier molecular flexibility index (Phi) is 4.53. The third-order valence-corrected chi connectivity index (χ3v) is 3.34. The molecule has 0 bridgehead atoms. The summed E-state index contributed by atoms with van der Waals surface area (Å²) < 4.78 is 0.922. The minimum absolute atomic E-state index is 0.661. The lowest BCUT2D eigenvalue weighted by Crippen LogP contribution is -2.20. The predicted octanol–water partition coefficient (Wildman–Crippen LogP) is 3.39. The third-order valence-electron chi connectivity index (χ3n) is 2.88. The molecule has 2 aromatic rings. The Labute approximate surface area is 121 Å². The number of anilines is 1. The van der Waals surface area contributed by atoms with E-state index in [2.05, 4.69) is 31.9 Å². The van der Waals surface area contributed by atoms with Crippen LogP contribution in [0.5, 0.6) is 0 Å². The van der Waals surface area contributed by atoms with E-state index in [9.17, 15) is 0 Å². The first kappa shape index (κ1) is 13.6. The average molecular weight is 316 g/mol. The minimum Gasteiger partial charge on any atom is -0.374 e. The standard InChI is InChI=1S/C15H14BrN3/c1-19(7-5-14-4-2-3-6-18-14)15-9-12(11-17)8-13(16)10-15/h2-4,6,8-10H,5,7H2,1H3. The minimum atomic E-state index is 0.661. The van der Waals surface area contributed by atoms with Gasteiger partial charge in [-0.1, -0.05) is 22.0 Å². The predicted molar refractivity (Wildman–Crippen MR) is 80.1 cm³/mol. The average Bonchev–Trinajstić information content (AvgIpc) is 2.45. The van der Waals surface area contributed by atoms with Crippen LogP contribution in [0, 0.1) is 11.3 Å². The van der Waals surface area contributed by atoms with Gasteiger partial charge in [0.15, 0.2) is 0 Å². The second-order valence-electron chi connectivity index (χ2n) is 4.30. The monoisotopic (exact) mass is 315 g/mol.